The van der Waals surface area contributed by atoms with Crippen LogP contribution >= 0.6 is 0 Å². The quantitative estimate of drug-likeness (QED) is 0.893. The minimum Gasteiger partial charge on any atom is -0.330 e. The molecule has 1 aliphatic heterocycles. The van der Waals surface area contributed by atoms with Crippen LogP contribution < -0.4 is 11.3 Å². The van der Waals surface area contributed by atoms with Gasteiger partial charge in [0.1, 0.15) is 5.82 Å². The van der Waals surface area contributed by atoms with Gasteiger partial charge in [0, 0.05) is 0 Å². The van der Waals surface area contributed by atoms with Crippen LogP contribution in [0.1, 0.15) is 25.1 Å². The first-order valence-corrected chi connectivity index (χ1v) is 7.66. The maximum atomic E-state index is 12.1. The Morgan fingerprint density at radius 3 is 2.81 bits per heavy atom. The summed E-state index contributed by atoms with van der Waals surface area (Å²) in [6, 6.07) is 7.48. The Labute approximate surface area is 124 Å². The van der Waals surface area contributed by atoms with E-state index in [0.717, 1.165) is 49.9 Å². The van der Waals surface area contributed by atoms with E-state index in [4.69, 9.17) is 5.73 Å². The third-order valence-corrected chi connectivity index (χ3v) is 4.32. The molecule has 0 radical (unpaired) electrons. The summed E-state index contributed by atoms with van der Waals surface area (Å²) in [5.41, 5.74) is 6.35. The van der Waals surface area contributed by atoms with Crippen LogP contribution in [0.3, 0.4) is 0 Å². The monoisotopic (exact) mass is 286 g/mol. The molecule has 1 saturated heterocycles. The minimum absolute atomic E-state index is 0.0476. The highest BCUT2D eigenvalue weighted by Crippen LogP contribution is 2.20. The largest absolute Gasteiger partial charge is 0.330 e. The molecule has 1 aromatic heterocycles. The number of rotatable bonds is 4. The number of nitrogens with one attached hydrogen (secondary N) is 1. The number of nitrogens with zero attached hydrogens (tertiary/aromatic N) is 2. The molecule has 1 aromatic carbocycles. The molecule has 5 heteroatoms. The first-order valence-electron chi connectivity index (χ1n) is 7.66. The van der Waals surface area contributed by atoms with Crippen LogP contribution in [0.2, 0.25) is 0 Å². The molecule has 2 aromatic rings. The van der Waals surface area contributed by atoms with E-state index in [1.54, 1.807) is 0 Å². The number of H-pyrrole nitrogens is 1. The zero-order valence-electron chi connectivity index (χ0n) is 12.2. The first-order chi connectivity index (χ1) is 10.3. The Bertz CT molecular complexity index is 659. The summed E-state index contributed by atoms with van der Waals surface area (Å²) in [5, 5.41) is 0.655. The second-order valence-electron chi connectivity index (χ2n) is 5.83. The molecule has 0 unspecified atom stereocenters. The topological polar surface area (TPSA) is 75.0 Å². The van der Waals surface area contributed by atoms with Crippen molar-refractivity contribution in [1.29, 1.82) is 0 Å². The fourth-order valence-corrected chi connectivity index (χ4v) is 3.09. The van der Waals surface area contributed by atoms with Crippen molar-refractivity contribution in [1.82, 2.24) is 14.9 Å². The number of hydrogen-bond donors (Lipinski definition) is 2. The molecule has 112 valence electrons. The highest BCUT2D eigenvalue weighted by Gasteiger charge is 2.19. The Morgan fingerprint density at radius 2 is 2.05 bits per heavy atom. The summed E-state index contributed by atoms with van der Waals surface area (Å²) in [4.78, 5) is 21.9. The number of hydrogen-bond acceptors (Lipinski definition) is 4. The summed E-state index contributed by atoms with van der Waals surface area (Å²) in [6.45, 7) is 3.61. The second kappa shape index (κ2) is 6.37. The zero-order valence-corrected chi connectivity index (χ0v) is 12.2. The lowest BCUT2D eigenvalue weighted by atomic mass is 9.94. The predicted octanol–water partition coefficient (Wildman–Crippen LogP) is 1.48. The van der Waals surface area contributed by atoms with Crippen molar-refractivity contribution in [2.24, 2.45) is 11.7 Å². The normalized spacial score (nSPS) is 17.4. The van der Waals surface area contributed by atoms with E-state index in [9.17, 15) is 4.79 Å². The number of likely N-dealkylation sites (tertiary alicyclic amines) is 1. The average molecular weight is 286 g/mol. The summed E-state index contributed by atoms with van der Waals surface area (Å²) in [7, 11) is 0. The van der Waals surface area contributed by atoms with Gasteiger partial charge in [-0.25, -0.2) is 4.98 Å². The van der Waals surface area contributed by atoms with Crippen molar-refractivity contribution in [2.45, 2.75) is 25.8 Å². The summed E-state index contributed by atoms with van der Waals surface area (Å²) < 4.78 is 0. The number of benzene rings is 1. The molecule has 3 N–H and O–H groups in total. The molecule has 0 aliphatic carbocycles. The van der Waals surface area contributed by atoms with Crippen LogP contribution in [-0.2, 0) is 6.54 Å². The molecule has 5 nitrogen and oxygen atoms in total. The molecule has 1 fully saturated rings. The Balaban J connectivity index is 1.70. The Kier molecular flexibility index (Phi) is 4.31. The van der Waals surface area contributed by atoms with E-state index in [-0.39, 0.29) is 5.56 Å². The van der Waals surface area contributed by atoms with Crippen LogP contribution in [-0.4, -0.2) is 34.5 Å². The number of piperidine rings is 1. The molecule has 0 spiro atoms. The van der Waals surface area contributed by atoms with Gasteiger partial charge in [-0.3, -0.25) is 9.69 Å². The maximum absolute atomic E-state index is 12.1. The Hall–Kier alpha value is -1.72. The molecule has 0 saturated carbocycles. The van der Waals surface area contributed by atoms with Gasteiger partial charge in [0.25, 0.3) is 5.56 Å². The van der Waals surface area contributed by atoms with Gasteiger partial charge in [-0.1, -0.05) is 12.1 Å². The third kappa shape index (κ3) is 3.31. The Morgan fingerprint density at radius 1 is 1.29 bits per heavy atom. The average Bonchev–Trinajstić information content (AvgIpc) is 2.50. The molecule has 2 heterocycles. The number of para-hydroxylation sites is 1. The van der Waals surface area contributed by atoms with Crippen molar-refractivity contribution in [2.75, 3.05) is 19.6 Å². The van der Waals surface area contributed by atoms with Crippen LogP contribution in [0.5, 0.6) is 0 Å². The number of fused-ring (bicyclic) bond motifs is 1. The lowest BCUT2D eigenvalue weighted by Gasteiger charge is -2.31. The van der Waals surface area contributed by atoms with Crippen molar-refractivity contribution >= 4 is 10.9 Å². The summed E-state index contributed by atoms with van der Waals surface area (Å²) in [6.07, 6.45) is 3.50. The predicted molar refractivity (Wildman–Crippen MR) is 84.0 cm³/mol. The molecule has 0 atom stereocenters. The van der Waals surface area contributed by atoms with E-state index in [1.807, 2.05) is 24.3 Å². The van der Waals surface area contributed by atoms with E-state index in [0.29, 0.717) is 5.39 Å². The zero-order chi connectivity index (χ0) is 14.7. The van der Waals surface area contributed by atoms with Crippen molar-refractivity contribution in [3.63, 3.8) is 0 Å². The molecule has 21 heavy (non-hydrogen) atoms. The van der Waals surface area contributed by atoms with Gasteiger partial charge >= 0.3 is 0 Å². The van der Waals surface area contributed by atoms with Crippen LogP contribution in [0.15, 0.2) is 29.1 Å². The van der Waals surface area contributed by atoms with Crippen LogP contribution in [0.25, 0.3) is 10.9 Å². The van der Waals surface area contributed by atoms with Crippen molar-refractivity contribution in [3.8, 4) is 0 Å². The van der Waals surface area contributed by atoms with E-state index in [1.165, 1.54) is 12.8 Å². The van der Waals surface area contributed by atoms with Gasteiger partial charge in [-0.15, -0.1) is 0 Å². The fraction of sp³-hybridized carbons (Fsp3) is 0.500. The SMILES string of the molecule is NCCC1CCN(Cc2nc3ccccc3c(=O)[nH]2)CC1. The summed E-state index contributed by atoms with van der Waals surface area (Å²) >= 11 is 0. The maximum Gasteiger partial charge on any atom is 0.258 e. The van der Waals surface area contributed by atoms with Gasteiger partial charge < -0.3 is 10.7 Å². The second-order valence-corrected chi connectivity index (χ2v) is 5.83. The van der Waals surface area contributed by atoms with Crippen LogP contribution in [0.4, 0.5) is 0 Å². The third-order valence-electron chi connectivity index (χ3n) is 4.32. The molecular formula is C16H22N4O. The van der Waals surface area contributed by atoms with Gasteiger partial charge in [0.15, 0.2) is 0 Å². The lowest BCUT2D eigenvalue weighted by molar-refractivity contribution is 0.170. The molecule has 0 bridgehead atoms. The molecule has 1 aliphatic rings. The van der Waals surface area contributed by atoms with Crippen LogP contribution in [0, 0.1) is 5.92 Å². The van der Waals surface area contributed by atoms with E-state index >= 15 is 0 Å². The van der Waals surface area contributed by atoms with Gasteiger partial charge in [-0.05, 0) is 56.9 Å². The van der Waals surface area contributed by atoms with Gasteiger partial charge in [0.05, 0.1) is 17.4 Å². The summed E-state index contributed by atoms with van der Waals surface area (Å²) in [5.74, 6) is 1.52. The smallest absolute Gasteiger partial charge is 0.258 e. The molecule has 0 amide bonds. The minimum atomic E-state index is -0.0476. The number of nitrogens with two attached hydrogens (primary N) is 1. The highest BCUT2D eigenvalue weighted by molar-refractivity contribution is 5.77. The first kappa shape index (κ1) is 14.2. The van der Waals surface area contributed by atoms with Gasteiger partial charge in [0.2, 0.25) is 0 Å². The van der Waals surface area contributed by atoms with Gasteiger partial charge in [-0.2, -0.15) is 0 Å². The number of aromatic amines is 1. The standard InChI is InChI=1S/C16H22N4O/c17-8-5-12-6-9-20(10-7-12)11-15-18-14-4-2-1-3-13(14)16(21)19-15/h1-4,12H,5-11,17H2,(H,18,19,21). The highest BCUT2D eigenvalue weighted by atomic mass is 16.1. The number of aromatic nitrogens is 2. The fourth-order valence-electron chi connectivity index (χ4n) is 3.09. The van der Waals surface area contributed by atoms with Crippen molar-refractivity contribution < 1.29 is 0 Å². The molecule has 3 rings (SSSR count). The lowest BCUT2D eigenvalue weighted by Crippen LogP contribution is -2.34. The van der Waals surface area contributed by atoms with Crippen molar-refractivity contribution in [3.05, 3.63) is 40.4 Å². The molecular weight excluding hydrogens is 264 g/mol. The van der Waals surface area contributed by atoms with E-state index < -0.39 is 0 Å². The van der Waals surface area contributed by atoms with E-state index in [2.05, 4.69) is 14.9 Å².